The van der Waals surface area contributed by atoms with Crippen molar-refractivity contribution < 1.29 is 23.1 Å². The van der Waals surface area contributed by atoms with E-state index in [-0.39, 0.29) is 17.0 Å². The summed E-state index contributed by atoms with van der Waals surface area (Å²) < 4.78 is 26.3. The summed E-state index contributed by atoms with van der Waals surface area (Å²) in [6.45, 7) is 6.55. The smallest absolute Gasteiger partial charge is 0.308 e. The number of carbonyl (C=O) groups is 2. The maximum Gasteiger partial charge on any atom is 0.308 e. The van der Waals surface area contributed by atoms with E-state index in [1.807, 2.05) is 0 Å². The number of sulfonamides is 1. The van der Waals surface area contributed by atoms with Crippen molar-refractivity contribution in [3.8, 4) is 0 Å². The van der Waals surface area contributed by atoms with Crippen molar-refractivity contribution in [2.75, 3.05) is 6.54 Å². The zero-order valence-electron chi connectivity index (χ0n) is 12.9. The number of amides is 1. The van der Waals surface area contributed by atoms with Gasteiger partial charge in [0.2, 0.25) is 10.0 Å². The van der Waals surface area contributed by atoms with Crippen LogP contribution in [0.2, 0.25) is 0 Å². The van der Waals surface area contributed by atoms with E-state index in [1.165, 1.54) is 37.3 Å². The molecule has 0 bridgehead atoms. The fourth-order valence-corrected chi connectivity index (χ4v) is 2.73. The van der Waals surface area contributed by atoms with Crippen LogP contribution in [0.25, 0.3) is 0 Å². The van der Waals surface area contributed by atoms with Crippen molar-refractivity contribution in [3.05, 3.63) is 42.5 Å². The third-order valence-electron chi connectivity index (χ3n) is 3.32. The predicted molar refractivity (Wildman–Crippen MR) is 85.6 cm³/mol. The molecular weight excluding hydrogens is 320 g/mol. The van der Waals surface area contributed by atoms with Gasteiger partial charge in [0.1, 0.15) is 0 Å². The summed E-state index contributed by atoms with van der Waals surface area (Å²) in [5, 5.41) is 11.5. The number of hydrogen-bond acceptors (Lipinski definition) is 4. The standard InChI is InChI=1S/C15H20N2O5S/c1-4-8-16-23(21,22)13-7-5-6-12(9-13)14(18)17-11(3)10(2)15(19)20/h4-7,9-11,16H,1,8H2,2-3H3,(H,17,18)(H,19,20). The van der Waals surface area contributed by atoms with E-state index in [9.17, 15) is 18.0 Å². The number of rotatable bonds is 8. The second-order valence-electron chi connectivity index (χ2n) is 5.06. The first-order chi connectivity index (χ1) is 10.7. The van der Waals surface area contributed by atoms with Crippen molar-refractivity contribution in [3.63, 3.8) is 0 Å². The fraction of sp³-hybridized carbons (Fsp3) is 0.333. The second kappa shape index (κ2) is 7.89. The number of carboxylic acids is 1. The van der Waals surface area contributed by atoms with Crippen LogP contribution in [0, 0.1) is 5.92 Å². The molecule has 0 aromatic heterocycles. The van der Waals surface area contributed by atoms with Crippen LogP contribution in [0.15, 0.2) is 41.8 Å². The average Bonchev–Trinajstić information content (AvgIpc) is 2.52. The monoisotopic (exact) mass is 340 g/mol. The molecule has 3 N–H and O–H groups in total. The molecule has 2 unspecified atom stereocenters. The van der Waals surface area contributed by atoms with Crippen LogP contribution in [-0.2, 0) is 14.8 Å². The van der Waals surface area contributed by atoms with Gasteiger partial charge >= 0.3 is 5.97 Å². The molecule has 1 rings (SSSR count). The van der Waals surface area contributed by atoms with Gasteiger partial charge in [0.25, 0.3) is 5.91 Å². The second-order valence-corrected chi connectivity index (χ2v) is 6.82. The Balaban J connectivity index is 2.94. The van der Waals surface area contributed by atoms with Crippen molar-refractivity contribution in [2.24, 2.45) is 5.92 Å². The van der Waals surface area contributed by atoms with Crippen LogP contribution >= 0.6 is 0 Å². The molecular formula is C15H20N2O5S. The van der Waals surface area contributed by atoms with Gasteiger partial charge in [0.05, 0.1) is 10.8 Å². The molecule has 0 aliphatic heterocycles. The van der Waals surface area contributed by atoms with E-state index in [2.05, 4.69) is 16.6 Å². The molecule has 0 spiro atoms. The van der Waals surface area contributed by atoms with Gasteiger partial charge < -0.3 is 10.4 Å². The topological polar surface area (TPSA) is 113 Å². The van der Waals surface area contributed by atoms with Crippen molar-refractivity contribution in [2.45, 2.75) is 24.8 Å². The van der Waals surface area contributed by atoms with E-state index in [0.29, 0.717) is 0 Å². The highest BCUT2D eigenvalue weighted by atomic mass is 32.2. The number of benzene rings is 1. The summed E-state index contributed by atoms with van der Waals surface area (Å²) in [5.74, 6) is -2.32. The highest BCUT2D eigenvalue weighted by Gasteiger charge is 2.22. The highest BCUT2D eigenvalue weighted by Crippen LogP contribution is 2.12. The number of hydrogen-bond donors (Lipinski definition) is 3. The molecule has 1 amide bonds. The van der Waals surface area contributed by atoms with Gasteiger partial charge in [-0.05, 0) is 32.0 Å². The number of carboxylic acid groups (broad SMARTS) is 1. The Morgan fingerprint density at radius 2 is 2.00 bits per heavy atom. The molecule has 126 valence electrons. The van der Waals surface area contributed by atoms with Gasteiger partial charge in [-0.1, -0.05) is 12.1 Å². The fourth-order valence-electron chi connectivity index (χ4n) is 1.69. The Morgan fingerprint density at radius 1 is 1.35 bits per heavy atom. The minimum Gasteiger partial charge on any atom is -0.481 e. The first kappa shape index (κ1) is 18.9. The SMILES string of the molecule is C=CCNS(=O)(=O)c1cccc(C(=O)NC(C)C(C)C(=O)O)c1. The largest absolute Gasteiger partial charge is 0.481 e. The zero-order valence-corrected chi connectivity index (χ0v) is 13.8. The van der Waals surface area contributed by atoms with Crippen LogP contribution in [0.4, 0.5) is 0 Å². The van der Waals surface area contributed by atoms with Gasteiger partial charge in [0, 0.05) is 18.2 Å². The summed E-state index contributed by atoms with van der Waals surface area (Å²) in [5.41, 5.74) is 0.135. The normalized spacial score (nSPS) is 13.8. The maximum atomic E-state index is 12.1. The Hall–Kier alpha value is -2.19. The van der Waals surface area contributed by atoms with Crippen LogP contribution in [-0.4, -0.2) is 38.0 Å². The van der Waals surface area contributed by atoms with Gasteiger partial charge in [0.15, 0.2) is 0 Å². The van der Waals surface area contributed by atoms with E-state index in [4.69, 9.17) is 5.11 Å². The summed E-state index contributed by atoms with van der Waals surface area (Å²) in [7, 11) is -3.73. The van der Waals surface area contributed by atoms with Gasteiger partial charge in [-0.2, -0.15) is 0 Å². The molecule has 0 saturated heterocycles. The molecule has 1 aromatic carbocycles. The van der Waals surface area contributed by atoms with Gasteiger partial charge in [-0.15, -0.1) is 6.58 Å². The molecule has 0 aliphatic carbocycles. The average molecular weight is 340 g/mol. The van der Waals surface area contributed by atoms with E-state index >= 15 is 0 Å². The number of nitrogens with one attached hydrogen (secondary N) is 2. The Kier molecular flexibility index (Phi) is 6.47. The lowest BCUT2D eigenvalue weighted by atomic mass is 10.0. The minimum absolute atomic E-state index is 0.0501. The maximum absolute atomic E-state index is 12.1. The molecule has 0 saturated carbocycles. The first-order valence-electron chi connectivity index (χ1n) is 6.93. The first-order valence-corrected chi connectivity index (χ1v) is 8.41. The van der Waals surface area contributed by atoms with E-state index in [0.717, 1.165) is 0 Å². The molecule has 23 heavy (non-hydrogen) atoms. The van der Waals surface area contributed by atoms with Crippen LogP contribution in [0.5, 0.6) is 0 Å². The lowest BCUT2D eigenvalue weighted by Crippen LogP contribution is -2.40. The third kappa shape index (κ3) is 5.19. The molecule has 8 heteroatoms. The third-order valence-corrected chi connectivity index (χ3v) is 4.74. The molecule has 2 atom stereocenters. The molecule has 0 fully saturated rings. The Morgan fingerprint density at radius 3 is 2.57 bits per heavy atom. The summed E-state index contributed by atoms with van der Waals surface area (Å²) >= 11 is 0. The Bertz CT molecular complexity index is 700. The minimum atomic E-state index is -3.73. The lowest BCUT2D eigenvalue weighted by Gasteiger charge is -2.18. The summed E-state index contributed by atoms with van der Waals surface area (Å²) in [6.07, 6.45) is 1.41. The van der Waals surface area contributed by atoms with Crippen molar-refractivity contribution in [1.82, 2.24) is 10.0 Å². The summed E-state index contributed by atoms with van der Waals surface area (Å²) in [4.78, 5) is 23.0. The van der Waals surface area contributed by atoms with Gasteiger partial charge in [-0.3, -0.25) is 9.59 Å². The Labute approximate surface area is 135 Å². The van der Waals surface area contributed by atoms with Crippen LogP contribution < -0.4 is 10.0 Å². The molecule has 0 heterocycles. The quantitative estimate of drug-likeness (QED) is 0.611. The molecule has 0 aliphatic rings. The number of carbonyl (C=O) groups excluding carboxylic acids is 1. The molecule has 1 aromatic rings. The summed E-state index contributed by atoms with van der Waals surface area (Å²) in [6, 6.07) is 4.91. The van der Waals surface area contributed by atoms with Crippen molar-refractivity contribution >= 4 is 21.9 Å². The van der Waals surface area contributed by atoms with Crippen LogP contribution in [0.1, 0.15) is 24.2 Å². The molecule has 0 radical (unpaired) electrons. The predicted octanol–water partition coefficient (Wildman–Crippen LogP) is 0.990. The highest BCUT2D eigenvalue weighted by molar-refractivity contribution is 7.89. The lowest BCUT2D eigenvalue weighted by molar-refractivity contribution is -0.141. The van der Waals surface area contributed by atoms with Crippen molar-refractivity contribution in [1.29, 1.82) is 0 Å². The van der Waals surface area contributed by atoms with E-state index in [1.54, 1.807) is 6.92 Å². The molecule has 7 nitrogen and oxygen atoms in total. The number of aliphatic carboxylic acids is 1. The zero-order chi connectivity index (χ0) is 17.6. The van der Waals surface area contributed by atoms with Gasteiger partial charge in [-0.25, -0.2) is 13.1 Å². The van der Waals surface area contributed by atoms with E-state index < -0.39 is 33.9 Å². The van der Waals surface area contributed by atoms with Crippen LogP contribution in [0.3, 0.4) is 0 Å².